The number of likely N-dealkylation sites (tertiary alicyclic amines) is 1. The van der Waals surface area contributed by atoms with E-state index in [-0.39, 0.29) is 17.4 Å². The van der Waals surface area contributed by atoms with Gasteiger partial charge >= 0.3 is 0 Å². The SMILES string of the molecule is C[C@@H](CN1CCC2(C=Cc3ccccc32)CC1)NC(=O)c1cnc2ccccc2c1. The molecule has 1 aliphatic heterocycles. The van der Waals surface area contributed by atoms with Gasteiger partial charge < -0.3 is 10.2 Å². The molecule has 2 aromatic carbocycles. The van der Waals surface area contributed by atoms with Crippen LogP contribution in [0.3, 0.4) is 0 Å². The molecule has 2 aliphatic rings. The number of amides is 1. The van der Waals surface area contributed by atoms with Gasteiger partial charge in [-0.05, 0) is 56.1 Å². The lowest BCUT2D eigenvalue weighted by molar-refractivity contribution is 0.0920. The van der Waals surface area contributed by atoms with Gasteiger partial charge in [0.1, 0.15) is 0 Å². The first kappa shape index (κ1) is 19.0. The quantitative estimate of drug-likeness (QED) is 0.709. The average Bonchev–Trinajstić information content (AvgIpc) is 3.13. The lowest BCUT2D eigenvalue weighted by Crippen LogP contribution is -2.47. The van der Waals surface area contributed by atoms with Crippen molar-refractivity contribution >= 4 is 22.9 Å². The maximum atomic E-state index is 12.7. The highest BCUT2D eigenvalue weighted by atomic mass is 16.1. The smallest absolute Gasteiger partial charge is 0.253 e. The first-order valence-electron chi connectivity index (χ1n) is 10.8. The maximum absolute atomic E-state index is 12.7. The molecule has 1 fully saturated rings. The van der Waals surface area contributed by atoms with Gasteiger partial charge in [-0.1, -0.05) is 54.6 Å². The Morgan fingerprint density at radius 2 is 1.90 bits per heavy atom. The largest absolute Gasteiger partial charge is 0.348 e. The Labute approximate surface area is 177 Å². The number of pyridine rings is 1. The minimum atomic E-state index is -0.0538. The molecule has 1 aliphatic carbocycles. The fraction of sp³-hybridized carbons (Fsp3) is 0.308. The standard InChI is InChI=1S/C26H27N3O/c1-19(28-25(30)22-16-21-7-3-5-9-24(21)27-17-22)18-29-14-12-26(13-15-29)11-10-20-6-2-4-8-23(20)26/h2-11,16-17,19H,12-15,18H2,1H3,(H,28,30)/t19-/m0/s1. The number of carbonyl (C=O) groups excluding carboxylic acids is 1. The van der Waals surface area contributed by atoms with Crippen molar-refractivity contribution in [1.82, 2.24) is 15.2 Å². The zero-order valence-electron chi connectivity index (χ0n) is 17.3. The molecule has 0 bridgehead atoms. The number of piperidine rings is 1. The van der Waals surface area contributed by atoms with Crippen LogP contribution >= 0.6 is 0 Å². The number of fused-ring (bicyclic) bond motifs is 3. The molecule has 1 atom stereocenters. The van der Waals surface area contributed by atoms with Gasteiger partial charge in [-0.15, -0.1) is 0 Å². The first-order chi connectivity index (χ1) is 14.6. The van der Waals surface area contributed by atoms with Gasteiger partial charge in [-0.3, -0.25) is 9.78 Å². The van der Waals surface area contributed by atoms with E-state index in [0.29, 0.717) is 5.56 Å². The van der Waals surface area contributed by atoms with Crippen molar-refractivity contribution in [1.29, 1.82) is 0 Å². The Morgan fingerprint density at radius 1 is 1.13 bits per heavy atom. The van der Waals surface area contributed by atoms with E-state index < -0.39 is 0 Å². The highest BCUT2D eigenvalue weighted by Gasteiger charge is 2.37. The Bertz CT molecular complexity index is 1110. The van der Waals surface area contributed by atoms with E-state index in [1.165, 1.54) is 11.1 Å². The molecule has 0 unspecified atom stereocenters. The Hall–Kier alpha value is -2.98. The van der Waals surface area contributed by atoms with Crippen molar-refractivity contribution in [2.75, 3.05) is 19.6 Å². The van der Waals surface area contributed by atoms with Crippen molar-refractivity contribution in [2.45, 2.75) is 31.2 Å². The second-order valence-corrected chi connectivity index (χ2v) is 8.67. The molecule has 5 rings (SSSR count). The average molecular weight is 398 g/mol. The predicted octanol–water partition coefficient (Wildman–Crippen LogP) is 4.41. The molecule has 0 radical (unpaired) electrons. The van der Waals surface area contributed by atoms with Gasteiger partial charge in [0.2, 0.25) is 0 Å². The van der Waals surface area contributed by atoms with Crippen LogP contribution in [0.4, 0.5) is 0 Å². The third kappa shape index (κ3) is 3.52. The van der Waals surface area contributed by atoms with E-state index in [2.05, 4.69) is 58.5 Å². The molecular formula is C26H27N3O. The number of carbonyl (C=O) groups is 1. The van der Waals surface area contributed by atoms with E-state index >= 15 is 0 Å². The zero-order valence-corrected chi connectivity index (χ0v) is 17.3. The van der Waals surface area contributed by atoms with E-state index in [9.17, 15) is 4.79 Å². The Morgan fingerprint density at radius 3 is 2.77 bits per heavy atom. The van der Waals surface area contributed by atoms with E-state index in [4.69, 9.17) is 0 Å². The van der Waals surface area contributed by atoms with Gasteiger partial charge in [0, 0.05) is 29.6 Å². The number of rotatable bonds is 4. The minimum Gasteiger partial charge on any atom is -0.348 e. The molecule has 0 saturated carbocycles. The summed E-state index contributed by atoms with van der Waals surface area (Å²) in [5.41, 5.74) is 4.58. The highest BCUT2D eigenvalue weighted by Crippen LogP contribution is 2.43. The van der Waals surface area contributed by atoms with Crippen molar-refractivity contribution < 1.29 is 4.79 Å². The molecule has 3 aromatic rings. The van der Waals surface area contributed by atoms with E-state index in [1.54, 1.807) is 6.20 Å². The molecule has 152 valence electrons. The number of para-hydroxylation sites is 1. The summed E-state index contributed by atoms with van der Waals surface area (Å²) < 4.78 is 0. The second kappa shape index (κ2) is 7.69. The number of hydrogen-bond donors (Lipinski definition) is 1. The number of nitrogens with one attached hydrogen (secondary N) is 1. The number of allylic oxidation sites excluding steroid dienone is 1. The lowest BCUT2D eigenvalue weighted by Gasteiger charge is -2.40. The fourth-order valence-corrected chi connectivity index (χ4v) is 4.94. The molecule has 4 heteroatoms. The molecule has 2 heterocycles. The van der Waals surface area contributed by atoms with Gasteiger partial charge in [-0.2, -0.15) is 0 Å². The van der Waals surface area contributed by atoms with Crippen molar-refractivity contribution in [3.8, 4) is 0 Å². The molecular weight excluding hydrogens is 370 g/mol. The van der Waals surface area contributed by atoms with Crippen LogP contribution in [-0.4, -0.2) is 41.5 Å². The molecule has 1 spiro atoms. The number of aromatic nitrogens is 1. The third-order valence-corrected chi connectivity index (χ3v) is 6.59. The second-order valence-electron chi connectivity index (χ2n) is 8.67. The molecule has 30 heavy (non-hydrogen) atoms. The van der Waals surface area contributed by atoms with Crippen LogP contribution in [0.5, 0.6) is 0 Å². The molecule has 4 nitrogen and oxygen atoms in total. The van der Waals surface area contributed by atoms with Crippen LogP contribution in [0.25, 0.3) is 17.0 Å². The minimum absolute atomic E-state index is 0.0538. The van der Waals surface area contributed by atoms with Crippen LogP contribution in [0.15, 0.2) is 66.9 Å². The van der Waals surface area contributed by atoms with Crippen LogP contribution in [-0.2, 0) is 5.41 Å². The van der Waals surface area contributed by atoms with Crippen molar-refractivity contribution in [3.05, 3.63) is 83.6 Å². The lowest BCUT2D eigenvalue weighted by atomic mass is 9.74. The monoisotopic (exact) mass is 397 g/mol. The summed E-state index contributed by atoms with van der Waals surface area (Å²) in [6.07, 6.45) is 8.63. The van der Waals surface area contributed by atoms with Gasteiger partial charge in [0.15, 0.2) is 0 Å². The number of nitrogens with zero attached hydrogens (tertiary/aromatic N) is 2. The Balaban J connectivity index is 1.18. The number of benzene rings is 2. The first-order valence-corrected chi connectivity index (χ1v) is 10.8. The van der Waals surface area contributed by atoms with Crippen molar-refractivity contribution in [3.63, 3.8) is 0 Å². The van der Waals surface area contributed by atoms with E-state index in [1.807, 2.05) is 30.3 Å². The summed E-state index contributed by atoms with van der Waals surface area (Å²) in [5, 5.41) is 4.14. The summed E-state index contributed by atoms with van der Waals surface area (Å²) in [6, 6.07) is 18.6. The van der Waals surface area contributed by atoms with Gasteiger partial charge in [-0.25, -0.2) is 0 Å². The predicted molar refractivity (Wildman–Crippen MR) is 121 cm³/mol. The summed E-state index contributed by atoms with van der Waals surface area (Å²) in [7, 11) is 0. The summed E-state index contributed by atoms with van der Waals surface area (Å²) in [5.74, 6) is -0.0538. The summed E-state index contributed by atoms with van der Waals surface area (Å²) >= 11 is 0. The summed E-state index contributed by atoms with van der Waals surface area (Å²) in [4.78, 5) is 19.6. The van der Waals surface area contributed by atoms with Gasteiger partial charge in [0.25, 0.3) is 5.91 Å². The molecule has 1 amide bonds. The zero-order chi connectivity index (χ0) is 20.6. The topological polar surface area (TPSA) is 45.2 Å². The third-order valence-electron chi connectivity index (χ3n) is 6.59. The maximum Gasteiger partial charge on any atom is 0.253 e. The van der Waals surface area contributed by atoms with Gasteiger partial charge in [0.05, 0.1) is 11.1 Å². The normalized spacial score (nSPS) is 18.4. The molecule has 1 N–H and O–H groups in total. The van der Waals surface area contributed by atoms with E-state index in [0.717, 1.165) is 43.4 Å². The van der Waals surface area contributed by atoms with Crippen LogP contribution in [0.2, 0.25) is 0 Å². The Kier molecular flexibility index (Phi) is 4.87. The van der Waals surface area contributed by atoms with Crippen LogP contribution in [0, 0.1) is 0 Å². The summed E-state index contributed by atoms with van der Waals surface area (Å²) in [6.45, 7) is 5.06. The number of hydrogen-bond acceptors (Lipinski definition) is 3. The van der Waals surface area contributed by atoms with Crippen LogP contribution < -0.4 is 5.32 Å². The molecule has 1 aromatic heterocycles. The van der Waals surface area contributed by atoms with Crippen LogP contribution in [0.1, 0.15) is 41.3 Å². The van der Waals surface area contributed by atoms with Crippen molar-refractivity contribution in [2.24, 2.45) is 0 Å². The highest BCUT2D eigenvalue weighted by molar-refractivity contribution is 5.97. The fourth-order valence-electron chi connectivity index (χ4n) is 4.94. The molecule has 1 saturated heterocycles.